The van der Waals surface area contributed by atoms with Crippen LogP contribution in [0, 0.1) is 10.1 Å². The van der Waals surface area contributed by atoms with Crippen LogP contribution in [0.3, 0.4) is 0 Å². The van der Waals surface area contributed by atoms with E-state index in [9.17, 15) is 19.7 Å². The van der Waals surface area contributed by atoms with E-state index in [0.29, 0.717) is 5.69 Å². The Hall–Kier alpha value is -2.84. The number of nitro benzene ring substituents is 1. The molecular formula is C17H15Cl2N3O5. The van der Waals surface area contributed by atoms with Crippen LogP contribution in [0.5, 0.6) is 0 Å². The van der Waals surface area contributed by atoms with Gasteiger partial charge >= 0.3 is 5.97 Å². The summed E-state index contributed by atoms with van der Waals surface area (Å²) in [6.07, 6.45) is 0. The molecule has 0 saturated carbocycles. The number of carbonyl (C=O) groups excluding carboxylic acids is 2. The summed E-state index contributed by atoms with van der Waals surface area (Å²) in [5.41, 5.74) is 0.326. The lowest BCUT2D eigenvalue weighted by Gasteiger charge is -2.13. The van der Waals surface area contributed by atoms with Gasteiger partial charge in [-0.15, -0.1) is 0 Å². The number of nitrogens with one attached hydrogen (secondary N) is 1. The molecule has 0 aromatic heterocycles. The zero-order valence-electron chi connectivity index (χ0n) is 14.4. The highest BCUT2D eigenvalue weighted by molar-refractivity contribution is 6.44. The molecule has 1 amide bonds. The second-order valence-electron chi connectivity index (χ2n) is 5.58. The Morgan fingerprint density at radius 1 is 1.22 bits per heavy atom. The van der Waals surface area contributed by atoms with E-state index in [1.165, 1.54) is 18.2 Å². The average molecular weight is 412 g/mol. The monoisotopic (exact) mass is 411 g/mol. The van der Waals surface area contributed by atoms with Crippen LogP contribution in [0.4, 0.5) is 17.1 Å². The first-order valence-corrected chi connectivity index (χ1v) is 8.33. The first-order valence-electron chi connectivity index (χ1n) is 7.57. The van der Waals surface area contributed by atoms with E-state index in [1.807, 2.05) is 0 Å². The van der Waals surface area contributed by atoms with Gasteiger partial charge in [-0.1, -0.05) is 29.3 Å². The molecule has 142 valence electrons. The van der Waals surface area contributed by atoms with E-state index >= 15 is 0 Å². The number of halogens is 2. The summed E-state index contributed by atoms with van der Waals surface area (Å²) >= 11 is 11.8. The predicted octanol–water partition coefficient (Wildman–Crippen LogP) is 3.76. The van der Waals surface area contributed by atoms with Gasteiger partial charge in [0.1, 0.15) is 5.69 Å². The fraction of sp³-hybridized carbons (Fsp3) is 0.176. The van der Waals surface area contributed by atoms with Gasteiger partial charge in [0.25, 0.3) is 11.6 Å². The standard InChI is InChI=1S/C17H15Cl2N3O5/c1-21(2)13-7-6-10(8-14(13)22(25)26)17(24)27-9-15(23)20-12-5-3-4-11(18)16(12)19/h3-8H,9H2,1-2H3,(H,20,23). The molecule has 0 spiro atoms. The summed E-state index contributed by atoms with van der Waals surface area (Å²) in [6.45, 7) is -0.592. The van der Waals surface area contributed by atoms with Crippen molar-refractivity contribution in [2.45, 2.75) is 0 Å². The van der Waals surface area contributed by atoms with E-state index in [0.717, 1.165) is 6.07 Å². The van der Waals surface area contributed by atoms with Gasteiger partial charge in [0, 0.05) is 20.2 Å². The number of nitrogens with zero attached hydrogens (tertiary/aromatic N) is 2. The fourth-order valence-electron chi connectivity index (χ4n) is 2.18. The van der Waals surface area contributed by atoms with E-state index in [1.54, 1.807) is 31.1 Å². The summed E-state index contributed by atoms with van der Waals surface area (Å²) in [5.74, 6) is -1.50. The van der Waals surface area contributed by atoms with Crippen molar-refractivity contribution in [3.63, 3.8) is 0 Å². The second-order valence-corrected chi connectivity index (χ2v) is 6.37. The van der Waals surface area contributed by atoms with E-state index in [2.05, 4.69) is 5.32 Å². The number of anilines is 2. The number of nitro groups is 1. The van der Waals surface area contributed by atoms with Crippen molar-refractivity contribution in [1.29, 1.82) is 0 Å². The lowest BCUT2D eigenvalue weighted by atomic mass is 10.1. The molecule has 0 aliphatic carbocycles. The van der Waals surface area contributed by atoms with Crippen molar-refractivity contribution in [3.05, 3.63) is 62.1 Å². The molecule has 0 fully saturated rings. The highest BCUT2D eigenvalue weighted by Gasteiger charge is 2.20. The third-order valence-electron chi connectivity index (χ3n) is 3.45. The molecule has 0 radical (unpaired) electrons. The largest absolute Gasteiger partial charge is 0.452 e. The van der Waals surface area contributed by atoms with Crippen molar-refractivity contribution in [2.75, 3.05) is 30.9 Å². The summed E-state index contributed by atoms with van der Waals surface area (Å²) in [7, 11) is 3.29. The Morgan fingerprint density at radius 3 is 2.56 bits per heavy atom. The number of carbonyl (C=O) groups is 2. The topological polar surface area (TPSA) is 102 Å². The van der Waals surface area contributed by atoms with E-state index < -0.39 is 23.4 Å². The SMILES string of the molecule is CN(C)c1ccc(C(=O)OCC(=O)Nc2cccc(Cl)c2Cl)cc1[N+](=O)[O-]. The van der Waals surface area contributed by atoms with Crippen molar-refractivity contribution in [2.24, 2.45) is 0 Å². The van der Waals surface area contributed by atoms with Gasteiger partial charge in [-0.2, -0.15) is 0 Å². The first kappa shape index (κ1) is 20.5. The number of hydrogen-bond acceptors (Lipinski definition) is 6. The minimum absolute atomic E-state index is 0.0408. The average Bonchev–Trinajstić information content (AvgIpc) is 2.62. The number of hydrogen-bond donors (Lipinski definition) is 1. The van der Waals surface area contributed by atoms with Gasteiger partial charge in [0.05, 0.1) is 26.2 Å². The molecule has 1 N–H and O–H groups in total. The van der Waals surface area contributed by atoms with E-state index in [-0.39, 0.29) is 27.0 Å². The number of amides is 1. The van der Waals surface area contributed by atoms with Crippen molar-refractivity contribution >= 4 is 52.1 Å². The second kappa shape index (κ2) is 8.70. The molecule has 2 aromatic rings. The minimum atomic E-state index is -0.865. The van der Waals surface area contributed by atoms with Gasteiger partial charge in [-0.05, 0) is 24.3 Å². The van der Waals surface area contributed by atoms with Crippen molar-refractivity contribution in [1.82, 2.24) is 0 Å². The Balaban J connectivity index is 2.05. The minimum Gasteiger partial charge on any atom is -0.452 e. The van der Waals surface area contributed by atoms with Crippen LogP contribution in [0.2, 0.25) is 10.0 Å². The van der Waals surface area contributed by atoms with Crippen LogP contribution in [-0.2, 0) is 9.53 Å². The van der Waals surface area contributed by atoms with Gasteiger partial charge in [-0.25, -0.2) is 4.79 Å². The normalized spacial score (nSPS) is 10.2. The quantitative estimate of drug-likeness (QED) is 0.440. The maximum Gasteiger partial charge on any atom is 0.338 e. The van der Waals surface area contributed by atoms with Crippen molar-refractivity contribution in [3.8, 4) is 0 Å². The lowest BCUT2D eigenvalue weighted by Crippen LogP contribution is -2.21. The van der Waals surface area contributed by atoms with Crippen LogP contribution in [0.15, 0.2) is 36.4 Å². The van der Waals surface area contributed by atoms with Gasteiger partial charge in [-0.3, -0.25) is 14.9 Å². The highest BCUT2D eigenvalue weighted by atomic mass is 35.5. The molecule has 0 bridgehead atoms. The molecule has 0 atom stereocenters. The number of ether oxygens (including phenoxy) is 1. The fourth-order valence-corrected chi connectivity index (χ4v) is 2.52. The molecule has 0 saturated heterocycles. The summed E-state index contributed by atoms with van der Waals surface area (Å²) in [4.78, 5) is 36.1. The smallest absolute Gasteiger partial charge is 0.338 e. The first-order chi connectivity index (χ1) is 12.7. The Labute approximate surface area is 164 Å². The summed E-state index contributed by atoms with van der Waals surface area (Å²) in [6, 6.07) is 8.61. The van der Waals surface area contributed by atoms with Gasteiger partial charge in [0.15, 0.2) is 6.61 Å². The van der Waals surface area contributed by atoms with Crippen LogP contribution in [0.25, 0.3) is 0 Å². The van der Waals surface area contributed by atoms with Gasteiger partial charge < -0.3 is 15.0 Å². The van der Waals surface area contributed by atoms with Crippen LogP contribution in [-0.4, -0.2) is 37.5 Å². The molecule has 0 heterocycles. The maximum atomic E-state index is 12.1. The third kappa shape index (κ3) is 5.08. The Kier molecular flexibility index (Phi) is 6.59. The molecule has 2 rings (SSSR count). The predicted molar refractivity (Wildman–Crippen MR) is 103 cm³/mol. The summed E-state index contributed by atoms with van der Waals surface area (Å²) < 4.78 is 4.90. The lowest BCUT2D eigenvalue weighted by molar-refractivity contribution is -0.384. The van der Waals surface area contributed by atoms with Gasteiger partial charge in [0.2, 0.25) is 0 Å². The molecule has 2 aromatic carbocycles. The molecule has 0 aliphatic heterocycles. The molecular weight excluding hydrogens is 397 g/mol. The zero-order chi connectivity index (χ0) is 20.1. The third-order valence-corrected chi connectivity index (χ3v) is 4.27. The zero-order valence-corrected chi connectivity index (χ0v) is 15.9. The molecule has 27 heavy (non-hydrogen) atoms. The van der Waals surface area contributed by atoms with Crippen molar-refractivity contribution < 1.29 is 19.2 Å². The molecule has 0 aliphatic rings. The molecule has 0 unspecified atom stereocenters. The molecule has 10 heteroatoms. The highest BCUT2D eigenvalue weighted by Crippen LogP contribution is 2.30. The molecule has 8 nitrogen and oxygen atoms in total. The van der Waals surface area contributed by atoms with E-state index in [4.69, 9.17) is 27.9 Å². The Bertz CT molecular complexity index is 902. The van der Waals surface area contributed by atoms with Crippen LogP contribution < -0.4 is 10.2 Å². The summed E-state index contributed by atoms with van der Waals surface area (Å²) in [5, 5.41) is 14.1. The Morgan fingerprint density at radius 2 is 1.93 bits per heavy atom. The number of esters is 1. The maximum absolute atomic E-state index is 12.1. The van der Waals surface area contributed by atoms with Crippen LogP contribution in [0.1, 0.15) is 10.4 Å². The van der Waals surface area contributed by atoms with Crippen LogP contribution >= 0.6 is 23.2 Å². The number of rotatable bonds is 6. The number of benzene rings is 2.